The molecule has 0 radical (unpaired) electrons. The zero-order chi connectivity index (χ0) is 15.5. The minimum absolute atomic E-state index is 0.0288. The summed E-state index contributed by atoms with van der Waals surface area (Å²) in [5.41, 5.74) is 0.687. The lowest BCUT2D eigenvalue weighted by Crippen LogP contribution is -2.34. The van der Waals surface area contributed by atoms with Crippen molar-refractivity contribution in [3.8, 4) is 5.75 Å². The molecule has 0 aromatic heterocycles. The number of likely N-dealkylation sites (N-methyl/N-ethyl adjacent to an activating group) is 1. The molecule has 112 valence electrons. The molecule has 1 amide bonds. The van der Waals surface area contributed by atoms with Crippen molar-refractivity contribution < 1.29 is 17.9 Å². The zero-order valence-electron chi connectivity index (χ0n) is 12.0. The molecular weight excluding hydrogens is 280 g/mol. The maximum atomic E-state index is 11.5. The van der Waals surface area contributed by atoms with Crippen LogP contribution in [0.2, 0.25) is 0 Å². The summed E-state index contributed by atoms with van der Waals surface area (Å²) in [6, 6.07) is 4.37. The third-order valence-corrected chi connectivity index (χ3v) is 3.76. The molecule has 1 atom stereocenters. The number of carbonyl (C=O) groups is 1. The lowest BCUT2D eigenvalue weighted by Gasteiger charge is -2.18. The second-order valence-corrected chi connectivity index (χ2v) is 6.34. The maximum Gasteiger partial charge on any atom is 0.260 e. The second-order valence-electron chi connectivity index (χ2n) is 4.77. The van der Waals surface area contributed by atoms with Gasteiger partial charge in [-0.15, -0.1) is 0 Å². The summed E-state index contributed by atoms with van der Waals surface area (Å²) in [7, 11) is -2.24. The Morgan fingerprint density at radius 1 is 1.30 bits per heavy atom. The summed E-state index contributed by atoms with van der Waals surface area (Å²) in [6.07, 6.45) is -0.669. The number of nitrogens with one attached hydrogen (secondary N) is 1. The topological polar surface area (TPSA) is 98.5 Å². The Kier molecular flexibility index (Phi) is 5.13. The van der Waals surface area contributed by atoms with E-state index in [0.29, 0.717) is 11.3 Å². The predicted molar refractivity (Wildman–Crippen MR) is 76.1 cm³/mol. The van der Waals surface area contributed by atoms with Gasteiger partial charge in [-0.05, 0) is 36.6 Å². The molecule has 1 rings (SSSR count). The fraction of sp³-hybridized carbons (Fsp3) is 0.462. The van der Waals surface area contributed by atoms with Gasteiger partial charge in [-0.25, -0.2) is 13.6 Å². The largest absolute Gasteiger partial charge is 0.481 e. The molecule has 0 fully saturated rings. The lowest BCUT2D eigenvalue weighted by atomic mass is 10.0. The highest BCUT2D eigenvalue weighted by Gasteiger charge is 2.18. The van der Waals surface area contributed by atoms with Crippen LogP contribution in [-0.2, 0) is 14.8 Å². The average molecular weight is 300 g/mol. The van der Waals surface area contributed by atoms with Gasteiger partial charge in [-0.3, -0.25) is 4.79 Å². The van der Waals surface area contributed by atoms with Gasteiger partial charge < -0.3 is 10.1 Å². The number of ether oxygens (including phenoxy) is 1. The molecule has 0 aliphatic rings. The van der Waals surface area contributed by atoms with Gasteiger partial charge in [0.1, 0.15) is 5.75 Å². The highest BCUT2D eigenvalue weighted by molar-refractivity contribution is 7.89. The molecule has 0 saturated heterocycles. The minimum Gasteiger partial charge on any atom is -0.481 e. The first kappa shape index (κ1) is 16.5. The van der Waals surface area contributed by atoms with Crippen LogP contribution < -0.4 is 15.2 Å². The maximum absolute atomic E-state index is 11.5. The van der Waals surface area contributed by atoms with Crippen molar-refractivity contribution in [1.82, 2.24) is 5.32 Å². The first-order valence-electron chi connectivity index (χ1n) is 6.21. The van der Waals surface area contributed by atoms with Gasteiger partial charge in [0.05, 0.1) is 4.90 Å². The van der Waals surface area contributed by atoms with Crippen molar-refractivity contribution in [3.05, 3.63) is 23.8 Å². The molecule has 3 N–H and O–H groups in total. The number of carbonyl (C=O) groups excluding carboxylic acids is 1. The van der Waals surface area contributed by atoms with Gasteiger partial charge in [0.15, 0.2) is 6.10 Å². The van der Waals surface area contributed by atoms with Gasteiger partial charge in [-0.2, -0.15) is 0 Å². The van der Waals surface area contributed by atoms with E-state index in [0.717, 1.165) is 0 Å². The minimum atomic E-state index is -3.76. The van der Waals surface area contributed by atoms with Crippen molar-refractivity contribution >= 4 is 15.9 Å². The van der Waals surface area contributed by atoms with E-state index in [1.807, 2.05) is 13.8 Å². The highest BCUT2D eigenvalue weighted by atomic mass is 32.2. The Balaban J connectivity index is 3.18. The van der Waals surface area contributed by atoms with Crippen LogP contribution in [0, 0.1) is 0 Å². The fourth-order valence-electron chi connectivity index (χ4n) is 1.71. The highest BCUT2D eigenvalue weighted by Crippen LogP contribution is 2.29. The number of primary sulfonamides is 1. The van der Waals surface area contributed by atoms with Crippen LogP contribution in [-0.4, -0.2) is 27.5 Å². The first-order valence-corrected chi connectivity index (χ1v) is 7.76. The number of nitrogens with two attached hydrogens (primary N) is 1. The summed E-state index contributed by atoms with van der Waals surface area (Å²) in [5.74, 6) is 0.252. The average Bonchev–Trinajstić information content (AvgIpc) is 2.36. The van der Waals surface area contributed by atoms with Crippen molar-refractivity contribution in [2.45, 2.75) is 37.7 Å². The number of rotatable bonds is 5. The van der Waals surface area contributed by atoms with Gasteiger partial charge in [-0.1, -0.05) is 13.8 Å². The zero-order valence-corrected chi connectivity index (χ0v) is 12.8. The second kappa shape index (κ2) is 6.23. The van der Waals surface area contributed by atoms with Crippen LogP contribution in [0.1, 0.15) is 32.3 Å². The number of amides is 1. The van der Waals surface area contributed by atoms with Crippen LogP contribution >= 0.6 is 0 Å². The summed E-state index contributed by atoms with van der Waals surface area (Å²) < 4.78 is 28.3. The van der Waals surface area contributed by atoms with E-state index >= 15 is 0 Å². The molecule has 1 aromatic carbocycles. The van der Waals surface area contributed by atoms with Crippen molar-refractivity contribution in [2.75, 3.05) is 7.05 Å². The molecule has 0 heterocycles. The lowest BCUT2D eigenvalue weighted by molar-refractivity contribution is -0.126. The fourth-order valence-corrected chi connectivity index (χ4v) is 2.26. The van der Waals surface area contributed by atoms with Gasteiger partial charge in [0, 0.05) is 7.05 Å². The van der Waals surface area contributed by atoms with E-state index in [4.69, 9.17) is 9.88 Å². The molecule has 6 nitrogen and oxygen atoms in total. The summed E-state index contributed by atoms with van der Waals surface area (Å²) >= 11 is 0. The van der Waals surface area contributed by atoms with Gasteiger partial charge >= 0.3 is 0 Å². The van der Waals surface area contributed by atoms with Crippen molar-refractivity contribution in [3.63, 3.8) is 0 Å². The van der Waals surface area contributed by atoms with E-state index in [2.05, 4.69) is 5.32 Å². The molecule has 1 unspecified atom stereocenters. The van der Waals surface area contributed by atoms with Crippen molar-refractivity contribution in [2.24, 2.45) is 5.14 Å². The van der Waals surface area contributed by atoms with Crippen LogP contribution in [0.15, 0.2) is 23.1 Å². The SMILES string of the molecule is CNC(=O)C(C)Oc1ccc(S(N)(=O)=O)cc1C(C)C. The Bertz CT molecular complexity index is 596. The van der Waals surface area contributed by atoms with Crippen LogP contribution in [0.4, 0.5) is 0 Å². The number of hydrogen-bond donors (Lipinski definition) is 2. The number of sulfonamides is 1. The predicted octanol–water partition coefficient (Wildman–Crippen LogP) is 0.971. The third-order valence-electron chi connectivity index (χ3n) is 2.85. The normalized spacial score (nSPS) is 13.1. The monoisotopic (exact) mass is 300 g/mol. The van der Waals surface area contributed by atoms with E-state index in [9.17, 15) is 13.2 Å². The number of benzene rings is 1. The summed E-state index contributed by atoms with van der Waals surface area (Å²) in [4.78, 5) is 11.5. The molecule has 0 saturated carbocycles. The van der Waals surface area contributed by atoms with Crippen LogP contribution in [0.25, 0.3) is 0 Å². The molecule has 0 aliphatic carbocycles. The summed E-state index contributed by atoms with van der Waals surface area (Å²) in [5, 5.41) is 7.60. The standard InChI is InChI=1S/C13H20N2O4S/c1-8(2)11-7-10(20(14,17)18)5-6-12(11)19-9(3)13(16)15-4/h5-9H,1-4H3,(H,15,16)(H2,14,17,18). The van der Waals surface area contributed by atoms with Gasteiger partial charge in [0.25, 0.3) is 5.91 Å². The number of hydrogen-bond acceptors (Lipinski definition) is 4. The Morgan fingerprint density at radius 2 is 1.90 bits per heavy atom. The van der Waals surface area contributed by atoms with E-state index < -0.39 is 16.1 Å². The quantitative estimate of drug-likeness (QED) is 0.846. The van der Waals surface area contributed by atoms with E-state index in [-0.39, 0.29) is 16.7 Å². The smallest absolute Gasteiger partial charge is 0.260 e. The Hall–Kier alpha value is -1.60. The van der Waals surface area contributed by atoms with Gasteiger partial charge in [0.2, 0.25) is 10.0 Å². The molecule has 20 heavy (non-hydrogen) atoms. The molecule has 7 heteroatoms. The molecule has 0 bridgehead atoms. The van der Waals surface area contributed by atoms with Crippen molar-refractivity contribution in [1.29, 1.82) is 0 Å². The van der Waals surface area contributed by atoms with Crippen LogP contribution in [0.5, 0.6) is 5.75 Å². The molecule has 0 aliphatic heterocycles. The van der Waals surface area contributed by atoms with Crippen LogP contribution in [0.3, 0.4) is 0 Å². The Labute approximate surface area is 119 Å². The summed E-state index contributed by atoms with van der Waals surface area (Å²) in [6.45, 7) is 5.43. The molecule has 1 aromatic rings. The van der Waals surface area contributed by atoms with E-state index in [1.165, 1.54) is 25.2 Å². The first-order chi connectivity index (χ1) is 9.16. The van der Waals surface area contributed by atoms with E-state index in [1.54, 1.807) is 6.92 Å². The Morgan fingerprint density at radius 3 is 2.35 bits per heavy atom. The molecule has 0 spiro atoms. The molecular formula is C13H20N2O4S. The third kappa shape index (κ3) is 3.94.